The molecule has 0 aromatic heterocycles. The lowest BCUT2D eigenvalue weighted by Gasteiger charge is -2.29. The molecule has 1 aliphatic carbocycles. The van der Waals surface area contributed by atoms with Gasteiger partial charge in [0.15, 0.2) is 0 Å². The van der Waals surface area contributed by atoms with Crippen LogP contribution in [0, 0.1) is 5.92 Å². The van der Waals surface area contributed by atoms with E-state index in [1.54, 1.807) is 0 Å². The number of nitrogens with one attached hydrogen (secondary N) is 1. The number of benzene rings is 1. The Hall–Kier alpha value is -0.860. The maximum atomic E-state index is 5.65. The zero-order chi connectivity index (χ0) is 11.4. The highest BCUT2D eigenvalue weighted by Gasteiger charge is 2.22. The van der Waals surface area contributed by atoms with Crippen molar-refractivity contribution in [3.63, 3.8) is 0 Å². The number of hydrazine groups is 1. The molecule has 1 aromatic carbocycles. The summed E-state index contributed by atoms with van der Waals surface area (Å²) in [6, 6.07) is 9.17. The van der Waals surface area contributed by atoms with Crippen molar-refractivity contribution >= 4 is 0 Å². The van der Waals surface area contributed by atoms with Gasteiger partial charge >= 0.3 is 0 Å². The first-order valence-electron chi connectivity index (χ1n) is 6.38. The third-order valence-electron chi connectivity index (χ3n) is 3.79. The molecule has 88 valence electrons. The van der Waals surface area contributed by atoms with Crippen LogP contribution in [0.15, 0.2) is 24.3 Å². The quantitative estimate of drug-likeness (QED) is 0.589. The van der Waals surface area contributed by atoms with Crippen molar-refractivity contribution in [3.05, 3.63) is 35.4 Å². The van der Waals surface area contributed by atoms with E-state index in [-0.39, 0.29) is 0 Å². The van der Waals surface area contributed by atoms with E-state index in [0.29, 0.717) is 6.04 Å². The molecular weight excluding hydrogens is 196 g/mol. The van der Waals surface area contributed by atoms with E-state index in [1.807, 2.05) is 0 Å². The minimum atomic E-state index is 0.330. The number of hydrogen-bond donors (Lipinski definition) is 2. The minimum absolute atomic E-state index is 0.330. The monoisotopic (exact) mass is 218 g/mol. The summed E-state index contributed by atoms with van der Waals surface area (Å²) < 4.78 is 0. The fraction of sp³-hybridized carbons (Fsp3) is 0.571. The summed E-state index contributed by atoms with van der Waals surface area (Å²) in [6.45, 7) is 2.18. The Morgan fingerprint density at radius 2 is 2.00 bits per heavy atom. The van der Waals surface area contributed by atoms with Crippen LogP contribution in [0.1, 0.15) is 49.8 Å². The smallest absolute Gasteiger partial charge is 0.0462 e. The third kappa shape index (κ3) is 2.63. The first-order chi connectivity index (χ1) is 7.83. The summed E-state index contributed by atoms with van der Waals surface area (Å²) in [6.07, 6.45) is 6.44. The van der Waals surface area contributed by atoms with Crippen LogP contribution in [-0.2, 0) is 6.42 Å². The van der Waals surface area contributed by atoms with Crippen molar-refractivity contribution in [1.82, 2.24) is 5.43 Å². The van der Waals surface area contributed by atoms with E-state index in [4.69, 9.17) is 5.84 Å². The first kappa shape index (κ1) is 11.6. The lowest BCUT2D eigenvalue weighted by Crippen LogP contribution is -2.31. The van der Waals surface area contributed by atoms with Crippen LogP contribution in [0.4, 0.5) is 0 Å². The Labute approximate surface area is 98.2 Å². The molecule has 1 saturated carbocycles. The zero-order valence-electron chi connectivity index (χ0n) is 10.1. The summed E-state index contributed by atoms with van der Waals surface area (Å²) in [4.78, 5) is 0. The van der Waals surface area contributed by atoms with E-state index in [2.05, 4.69) is 36.6 Å². The largest absolute Gasteiger partial charge is 0.271 e. The van der Waals surface area contributed by atoms with Gasteiger partial charge in [0.25, 0.3) is 0 Å². The molecule has 1 aromatic rings. The van der Waals surface area contributed by atoms with Crippen LogP contribution in [0.3, 0.4) is 0 Å². The van der Waals surface area contributed by atoms with Gasteiger partial charge in [-0.15, -0.1) is 0 Å². The number of nitrogens with two attached hydrogens (primary N) is 1. The van der Waals surface area contributed by atoms with Crippen LogP contribution in [-0.4, -0.2) is 0 Å². The van der Waals surface area contributed by atoms with Gasteiger partial charge in [0, 0.05) is 6.04 Å². The van der Waals surface area contributed by atoms with Crippen molar-refractivity contribution in [3.8, 4) is 0 Å². The Morgan fingerprint density at radius 3 is 2.44 bits per heavy atom. The highest BCUT2D eigenvalue weighted by Crippen LogP contribution is 2.34. The molecule has 1 fully saturated rings. The number of rotatable bonds is 5. The van der Waals surface area contributed by atoms with Gasteiger partial charge in [0.2, 0.25) is 0 Å². The summed E-state index contributed by atoms with van der Waals surface area (Å²) >= 11 is 0. The molecule has 0 spiro atoms. The van der Waals surface area contributed by atoms with Crippen LogP contribution in [0.5, 0.6) is 0 Å². The molecule has 0 bridgehead atoms. The molecule has 16 heavy (non-hydrogen) atoms. The number of aryl methyl sites for hydroxylation is 1. The maximum Gasteiger partial charge on any atom is 0.0462 e. The maximum absolute atomic E-state index is 5.65. The fourth-order valence-electron chi connectivity index (χ4n) is 2.35. The molecule has 1 aliphatic rings. The van der Waals surface area contributed by atoms with Crippen molar-refractivity contribution < 1.29 is 0 Å². The Balaban J connectivity index is 2.00. The molecule has 0 saturated heterocycles. The van der Waals surface area contributed by atoms with Gasteiger partial charge in [-0.05, 0) is 29.9 Å². The molecule has 0 amide bonds. The van der Waals surface area contributed by atoms with Crippen LogP contribution < -0.4 is 11.3 Å². The van der Waals surface area contributed by atoms with Crippen molar-refractivity contribution in [2.45, 2.75) is 45.1 Å². The highest BCUT2D eigenvalue weighted by molar-refractivity contribution is 5.25. The van der Waals surface area contributed by atoms with Gasteiger partial charge in [-0.3, -0.25) is 11.3 Å². The first-order valence-corrected chi connectivity index (χ1v) is 6.38. The minimum Gasteiger partial charge on any atom is -0.271 e. The molecule has 0 heterocycles. The summed E-state index contributed by atoms with van der Waals surface area (Å²) in [5.74, 6) is 6.53. The molecular formula is C14H22N2. The molecule has 1 unspecified atom stereocenters. The van der Waals surface area contributed by atoms with Crippen molar-refractivity contribution in [2.75, 3.05) is 0 Å². The zero-order valence-corrected chi connectivity index (χ0v) is 10.1. The second-order valence-electron chi connectivity index (χ2n) is 4.85. The Kier molecular flexibility index (Phi) is 3.97. The Bertz CT molecular complexity index is 314. The predicted molar refractivity (Wildman–Crippen MR) is 67.8 cm³/mol. The van der Waals surface area contributed by atoms with Crippen molar-refractivity contribution in [1.29, 1.82) is 0 Å². The van der Waals surface area contributed by atoms with E-state index in [1.165, 1.54) is 36.8 Å². The molecule has 2 nitrogen and oxygen atoms in total. The lowest BCUT2D eigenvalue weighted by molar-refractivity contribution is 0.262. The van der Waals surface area contributed by atoms with Gasteiger partial charge in [-0.25, -0.2) is 0 Å². The van der Waals surface area contributed by atoms with Gasteiger partial charge in [0.1, 0.15) is 0 Å². The molecule has 2 heteroatoms. The van der Waals surface area contributed by atoms with E-state index >= 15 is 0 Å². The SMILES string of the molecule is CCc1ccc(C(CC2CCC2)NN)cc1. The van der Waals surface area contributed by atoms with Gasteiger partial charge in [-0.2, -0.15) is 0 Å². The van der Waals surface area contributed by atoms with E-state index in [9.17, 15) is 0 Å². The van der Waals surface area contributed by atoms with Crippen molar-refractivity contribution in [2.24, 2.45) is 11.8 Å². The standard InChI is InChI=1S/C14H22N2/c1-2-11-6-8-13(9-7-11)14(16-15)10-12-4-3-5-12/h6-9,12,14,16H,2-5,10,15H2,1H3. The molecule has 3 N–H and O–H groups in total. The predicted octanol–water partition coefficient (Wildman–Crippen LogP) is 2.94. The lowest BCUT2D eigenvalue weighted by atomic mass is 9.79. The van der Waals surface area contributed by atoms with E-state index in [0.717, 1.165) is 12.3 Å². The molecule has 0 aliphatic heterocycles. The molecule has 2 rings (SSSR count). The second-order valence-corrected chi connectivity index (χ2v) is 4.85. The fourth-order valence-corrected chi connectivity index (χ4v) is 2.35. The summed E-state index contributed by atoms with van der Waals surface area (Å²) in [5.41, 5.74) is 5.67. The van der Waals surface area contributed by atoms with Gasteiger partial charge in [-0.1, -0.05) is 50.5 Å². The van der Waals surface area contributed by atoms with Crippen LogP contribution >= 0.6 is 0 Å². The van der Waals surface area contributed by atoms with Crippen LogP contribution in [0.25, 0.3) is 0 Å². The normalized spacial score (nSPS) is 18.1. The third-order valence-corrected chi connectivity index (χ3v) is 3.79. The van der Waals surface area contributed by atoms with Gasteiger partial charge < -0.3 is 0 Å². The summed E-state index contributed by atoms with van der Waals surface area (Å²) in [5, 5.41) is 0. The number of hydrogen-bond acceptors (Lipinski definition) is 2. The second kappa shape index (κ2) is 5.46. The summed E-state index contributed by atoms with van der Waals surface area (Å²) in [7, 11) is 0. The average Bonchev–Trinajstić information content (AvgIpc) is 2.28. The average molecular weight is 218 g/mol. The van der Waals surface area contributed by atoms with Gasteiger partial charge in [0.05, 0.1) is 0 Å². The molecule has 0 radical (unpaired) electrons. The molecule has 1 atom stereocenters. The Morgan fingerprint density at radius 1 is 1.31 bits per heavy atom. The topological polar surface area (TPSA) is 38.0 Å². The van der Waals surface area contributed by atoms with Crippen LogP contribution in [0.2, 0.25) is 0 Å². The highest BCUT2D eigenvalue weighted by atomic mass is 15.2. The van der Waals surface area contributed by atoms with E-state index < -0.39 is 0 Å².